The van der Waals surface area contributed by atoms with E-state index in [1.165, 1.54) is 16.9 Å². The fourth-order valence-electron chi connectivity index (χ4n) is 2.22. The Morgan fingerprint density at radius 2 is 1.80 bits per heavy atom. The molecule has 6 heteroatoms. The number of hydrogen-bond acceptors (Lipinski definition) is 5. The van der Waals surface area contributed by atoms with Crippen molar-refractivity contribution in [1.82, 2.24) is 4.98 Å². The molecule has 1 amide bonds. The van der Waals surface area contributed by atoms with Crippen molar-refractivity contribution in [3.63, 3.8) is 0 Å². The first-order chi connectivity index (χ1) is 12.2. The van der Waals surface area contributed by atoms with Crippen molar-refractivity contribution in [2.45, 2.75) is 6.42 Å². The summed E-state index contributed by atoms with van der Waals surface area (Å²) in [6, 6.07) is 17.2. The molecule has 3 aromatic rings. The summed E-state index contributed by atoms with van der Waals surface area (Å²) in [4.78, 5) is 17.3. The van der Waals surface area contributed by atoms with Crippen molar-refractivity contribution >= 4 is 22.4 Å². The van der Waals surface area contributed by atoms with Crippen LogP contribution >= 0.6 is 11.3 Å². The highest BCUT2D eigenvalue weighted by Gasteiger charge is 2.08. The lowest BCUT2D eigenvalue weighted by Crippen LogP contribution is -2.19. The molecular weight excluding hydrogens is 336 g/mol. The van der Waals surface area contributed by atoms with E-state index in [4.69, 9.17) is 9.47 Å². The Labute approximate surface area is 150 Å². The largest absolute Gasteiger partial charge is 0.497 e. The summed E-state index contributed by atoms with van der Waals surface area (Å²) in [6.45, 7) is -0.0695. The molecular formula is C19H18N2O3S. The van der Waals surface area contributed by atoms with Crippen molar-refractivity contribution in [2.75, 3.05) is 19.0 Å². The van der Waals surface area contributed by atoms with Crippen LogP contribution in [0.5, 0.6) is 11.5 Å². The second kappa shape index (κ2) is 8.30. The number of nitrogens with one attached hydrogen (secondary N) is 1. The Morgan fingerprint density at radius 3 is 2.52 bits per heavy atom. The average molecular weight is 354 g/mol. The molecule has 1 N–H and O–H groups in total. The second-order valence-electron chi connectivity index (χ2n) is 5.31. The molecule has 0 radical (unpaired) electrons. The Hall–Kier alpha value is -2.86. The van der Waals surface area contributed by atoms with Gasteiger partial charge < -0.3 is 9.47 Å². The molecule has 3 rings (SSSR count). The fraction of sp³-hybridized carbons (Fsp3) is 0.158. The molecule has 0 aliphatic heterocycles. The number of thiazole rings is 1. The van der Waals surface area contributed by atoms with E-state index < -0.39 is 0 Å². The highest BCUT2D eigenvalue weighted by atomic mass is 32.1. The van der Waals surface area contributed by atoms with Crippen molar-refractivity contribution in [1.29, 1.82) is 0 Å². The first kappa shape index (κ1) is 17.0. The van der Waals surface area contributed by atoms with Gasteiger partial charge in [-0.2, -0.15) is 0 Å². The lowest BCUT2D eigenvalue weighted by Gasteiger charge is -2.06. The van der Waals surface area contributed by atoms with Crippen LogP contribution in [0.3, 0.4) is 0 Å². The Bertz CT molecular complexity index is 816. The number of rotatable bonds is 7. The number of benzene rings is 2. The van der Waals surface area contributed by atoms with Gasteiger partial charge in [-0.05, 0) is 29.8 Å². The number of nitrogens with zero attached hydrogens (tertiary/aromatic N) is 1. The molecule has 0 bridgehead atoms. The first-order valence-corrected chi connectivity index (χ1v) is 8.60. The lowest BCUT2D eigenvalue weighted by atomic mass is 10.1. The molecule has 128 valence electrons. The van der Waals surface area contributed by atoms with E-state index in [0.29, 0.717) is 10.9 Å². The van der Waals surface area contributed by atoms with Crippen LogP contribution in [0.15, 0.2) is 60.8 Å². The Kier molecular flexibility index (Phi) is 5.64. The first-order valence-electron chi connectivity index (χ1n) is 7.78. The molecule has 0 fully saturated rings. The van der Waals surface area contributed by atoms with Crippen LogP contribution < -0.4 is 14.8 Å². The maximum absolute atomic E-state index is 12.0. The number of carbonyl (C=O) groups excluding carboxylic acids is 1. The number of aromatic nitrogens is 1. The zero-order chi connectivity index (χ0) is 17.5. The third-order valence-corrected chi connectivity index (χ3v) is 4.36. The van der Waals surface area contributed by atoms with Crippen LogP contribution in [0.2, 0.25) is 0 Å². The normalized spacial score (nSPS) is 10.3. The van der Waals surface area contributed by atoms with Crippen LogP contribution in [0.1, 0.15) is 10.4 Å². The number of anilines is 1. The predicted octanol–water partition coefficient (Wildman–Crippen LogP) is 3.76. The number of ether oxygens (including phenoxy) is 2. The number of methoxy groups -OCH3 is 1. The van der Waals surface area contributed by atoms with Gasteiger partial charge in [-0.15, -0.1) is 11.3 Å². The zero-order valence-electron chi connectivity index (χ0n) is 13.8. The molecule has 1 heterocycles. The topological polar surface area (TPSA) is 60.5 Å². The number of hydrogen-bond donors (Lipinski definition) is 1. The van der Waals surface area contributed by atoms with Crippen LogP contribution in [0.25, 0.3) is 0 Å². The van der Waals surface area contributed by atoms with Crippen molar-refractivity contribution in [3.8, 4) is 11.5 Å². The van der Waals surface area contributed by atoms with Crippen LogP contribution in [-0.4, -0.2) is 24.6 Å². The van der Waals surface area contributed by atoms with Gasteiger partial charge in [0.25, 0.3) is 5.91 Å². The Balaban J connectivity index is 1.49. The summed E-state index contributed by atoms with van der Waals surface area (Å²) in [6.07, 6.45) is 2.59. The molecule has 1 aromatic heterocycles. The van der Waals surface area contributed by atoms with E-state index in [-0.39, 0.29) is 12.5 Å². The average Bonchev–Trinajstić information content (AvgIpc) is 3.08. The molecule has 0 unspecified atom stereocenters. The molecule has 0 spiro atoms. The molecule has 2 aromatic carbocycles. The third kappa shape index (κ3) is 5.06. The molecule has 0 atom stereocenters. The van der Waals surface area contributed by atoms with Crippen LogP contribution in [0.4, 0.5) is 5.13 Å². The maximum atomic E-state index is 12.0. The molecule has 0 saturated heterocycles. The quantitative estimate of drug-likeness (QED) is 0.702. The summed E-state index contributed by atoms with van der Waals surface area (Å²) in [5, 5.41) is 3.34. The number of amides is 1. The van der Waals surface area contributed by atoms with Gasteiger partial charge in [-0.1, -0.05) is 30.3 Å². The minimum Gasteiger partial charge on any atom is -0.497 e. The summed E-state index contributed by atoms with van der Waals surface area (Å²) in [5.74, 6) is 1.11. The van der Waals surface area contributed by atoms with Crippen LogP contribution in [0, 0.1) is 0 Å². The predicted molar refractivity (Wildman–Crippen MR) is 98.5 cm³/mol. The fourth-order valence-corrected chi connectivity index (χ4v) is 3.08. The van der Waals surface area contributed by atoms with E-state index in [0.717, 1.165) is 17.0 Å². The highest BCUT2D eigenvalue weighted by molar-refractivity contribution is 7.15. The van der Waals surface area contributed by atoms with Crippen molar-refractivity contribution < 1.29 is 14.3 Å². The molecule has 0 aliphatic carbocycles. The summed E-state index contributed by atoms with van der Waals surface area (Å²) < 4.78 is 10.5. The number of carbonyl (C=O) groups is 1. The molecule has 25 heavy (non-hydrogen) atoms. The van der Waals surface area contributed by atoms with E-state index in [1.54, 1.807) is 37.6 Å². The van der Waals surface area contributed by atoms with E-state index >= 15 is 0 Å². The van der Waals surface area contributed by atoms with Gasteiger partial charge >= 0.3 is 0 Å². The van der Waals surface area contributed by atoms with Gasteiger partial charge in [-0.25, -0.2) is 4.98 Å². The Morgan fingerprint density at radius 1 is 1.08 bits per heavy atom. The summed E-state index contributed by atoms with van der Waals surface area (Å²) in [7, 11) is 1.60. The highest BCUT2D eigenvalue weighted by Crippen LogP contribution is 2.21. The summed E-state index contributed by atoms with van der Waals surface area (Å²) >= 11 is 1.47. The zero-order valence-corrected chi connectivity index (χ0v) is 14.6. The third-order valence-electron chi connectivity index (χ3n) is 3.45. The van der Waals surface area contributed by atoms with Crippen molar-refractivity contribution in [2.24, 2.45) is 0 Å². The SMILES string of the molecule is COc1ccc(OCC(=O)Nc2ncc(Cc3ccccc3)s2)cc1. The van der Waals surface area contributed by atoms with E-state index in [2.05, 4.69) is 22.4 Å². The van der Waals surface area contributed by atoms with Gasteiger partial charge in [0, 0.05) is 17.5 Å². The molecule has 0 saturated carbocycles. The van der Waals surface area contributed by atoms with E-state index in [1.807, 2.05) is 18.2 Å². The minimum atomic E-state index is -0.239. The van der Waals surface area contributed by atoms with Gasteiger partial charge in [-0.3, -0.25) is 10.1 Å². The van der Waals surface area contributed by atoms with E-state index in [9.17, 15) is 4.79 Å². The molecule has 0 aliphatic rings. The van der Waals surface area contributed by atoms with Gasteiger partial charge in [0.15, 0.2) is 11.7 Å². The summed E-state index contributed by atoms with van der Waals surface area (Å²) in [5.41, 5.74) is 1.21. The van der Waals surface area contributed by atoms with Crippen molar-refractivity contribution in [3.05, 3.63) is 71.2 Å². The smallest absolute Gasteiger partial charge is 0.264 e. The standard InChI is InChI=1S/C19H18N2O3S/c1-23-15-7-9-16(10-8-15)24-13-18(22)21-19-20-12-17(25-19)11-14-5-3-2-4-6-14/h2-10,12H,11,13H2,1H3,(H,20,21,22). The minimum absolute atomic E-state index is 0.0695. The maximum Gasteiger partial charge on any atom is 0.264 e. The van der Waals surface area contributed by atoms with Gasteiger partial charge in [0.05, 0.1) is 7.11 Å². The lowest BCUT2D eigenvalue weighted by molar-refractivity contribution is -0.118. The van der Waals surface area contributed by atoms with Gasteiger partial charge in [0.1, 0.15) is 11.5 Å². The molecule has 5 nitrogen and oxygen atoms in total. The second-order valence-corrected chi connectivity index (χ2v) is 6.42. The van der Waals surface area contributed by atoms with Gasteiger partial charge in [0.2, 0.25) is 0 Å². The monoisotopic (exact) mass is 354 g/mol. The van der Waals surface area contributed by atoms with Crippen LogP contribution in [-0.2, 0) is 11.2 Å².